The Morgan fingerprint density at radius 3 is 2.50 bits per heavy atom. The van der Waals surface area contributed by atoms with E-state index in [4.69, 9.17) is 9.66 Å². The van der Waals surface area contributed by atoms with Crippen LogP contribution >= 0.6 is 0 Å². The third kappa shape index (κ3) is 6.44. The Hall–Kier alpha value is -1.08. The van der Waals surface area contributed by atoms with Gasteiger partial charge in [0.15, 0.2) is 5.76 Å². The number of allylic oxidation sites excluding steroid dienone is 1. The minimum absolute atomic E-state index is 0.0123. The first kappa shape index (κ1) is 12.9. The highest BCUT2D eigenvalue weighted by Crippen LogP contribution is 1.95. The number of hydrogen-bond donors (Lipinski definition) is 2. The summed E-state index contributed by atoms with van der Waals surface area (Å²) in [5.41, 5.74) is 0. The summed E-state index contributed by atoms with van der Waals surface area (Å²) < 4.78 is 33.2. The van der Waals surface area contributed by atoms with Crippen LogP contribution < -0.4 is 0 Å². The lowest BCUT2D eigenvalue weighted by atomic mass is 10.4. The van der Waals surface area contributed by atoms with Crippen molar-refractivity contribution in [3.63, 3.8) is 0 Å². The summed E-state index contributed by atoms with van der Waals surface area (Å²) in [5, 5.41) is 8.80. The molecule has 0 aliphatic rings. The number of rotatable bonds is 5. The molecule has 0 aromatic heterocycles. The average Bonchev–Trinajstić information content (AvgIpc) is 2.09. The summed E-state index contributed by atoms with van der Waals surface area (Å²) in [7, 11) is -4.02. The van der Waals surface area contributed by atoms with Crippen LogP contribution in [0.2, 0.25) is 0 Å². The molecule has 0 radical (unpaired) electrons. The van der Waals surface area contributed by atoms with Gasteiger partial charge in [0.25, 0.3) is 10.1 Å². The SMILES string of the molecule is CC=C(O)C(=O)OCCCS(=O)(=O)O. The molecule has 2 N–H and O–H groups in total. The van der Waals surface area contributed by atoms with Crippen LogP contribution in [0.1, 0.15) is 13.3 Å². The van der Waals surface area contributed by atoms with Gasteiger partial charge < -0.3 is 9.84 Å². The second kappa shape index (κ2) is 5.61. The van der Waals surface area contributed by atoms with Gasteiger partial charge in [-0.2, -0.15) is 8.42 Å². The highest BCUT2D eigenvalue weighted by molar-refractivity contribution is 7.85. The van der Waals surface area contributed by atoms with Gasteiger partial charge in [-0.25, -0.2) is 4.79 Å². The minimum atomic E-state index is -4.02. The summed E-state index contributed by atoms with van der Waals surface area (Å²) in [6.07, 6.45) is 1.15. The molecule has 7 heteroatoms. The van der Waals surface area contributed by atoms with Crippen LogP contribution in [0.3, 0.4) is 0 Å². The minimum Gasteiger partial charge on any atom is -0.502 e. The van der Waals surface area contributed by atoms with Crippen LogP contribution in [-0.4, -0.2) is 36.4 Å². The second-order valence-corrected chi connectivity index (χ2v) is 4.02. The number of aliphatic hydroxyl groups excluding tert-OH is 1. The van der Waals surface area contributed by atoms with Crippen molar-refractivity contribution >= 4 is 16.1 Å². The number of aliphatic hydroxyl groups is 1. The fraction of sp³-hybridized carbons (Fsp3) is 0.571. The van der Waals surface area contributed by atoms with Crippen LogP contribution in [0.4, 0.5) is 0 Å². The zero-order valence-corrected chi connectivity index (χ0v) is 8.45. The third-order valence-corrected chi connectivity index (χ3v) is 2.07. The molecular formula is C7H12O6S. The Morgan fingerprint density at radius 1 is 1.50 bits per heavy atom. The van der Waals surface area contributed by atoms with Crippen molar-refractivity contribution in [2.45, 2.75) is 13.3 Å². The quantitative estimate of drug-likeness (QED) is 0.228. The van der Waals surface area contributed by atoms with E-state index < -0.39 is 27.6 Å². The van der Waals surface area contributed by atoms with Gasteiger partial charge in [-0.3, -0.25) is 4.55 Å². The predicted octanol–water partition coefficient (Wildman–Crippen LogP) is 0.269. The van der Waals surface area contributed by atoms with Crippen molar-refractivity contribution in [2.75, 3.05) is 12.4 Å². The van der Waals surface area contributed by atoms with E-state index >= 15 is 0 Å². The largest absolute Gasteiger partial charge is 0.502 e. The van der Waals surface area contributed by atoms with Crippen LogP contribution in [0.25, 0.3) is 0 Å². The number of esters is 1. The standard InChI is InChI=1S/C7H12O6S/c1-2-6(8)7(9)13-4-3-5-14(10,11)12/h2,8H,3-5H2,1H3,(H,10,11,12). The van der Waals surface area contributed by atoms with E-state index in [-0.39, 0.29) is 13.0 Å². The molecule has 0 bridgehead atoms. The number of carbonyl (C=O) groups excluding carboxylic acids is 1. The maximum absolute atomic E-state index is 10.7. The van der Waals surface area contributed by atoms with Gasteiger partial charge in [0.05, 0.1) is 12.4 Å². The van der Waals surface area contributed by atoms with Crippen molar-refractivity contribution in [2.24, 2.45) is 0 Å². The first-order valence-electron chi connectivity index (χ1n) is 3.84. The van der Waals surface area contributed by atoms with Crippen molar-refractivity contribution < 1.29 is 27.6 Å². The molecule has 0 aliphatic heterocycles. The maximum Gasteiger partial charge on any atom is 0.373 e. The fourth-order valence-corrected chi connectivity index (χ4v) is 1.08. The molecule has 0 amide bonds. The summed E-state index contributed by atoms with van der Waals surface area (Å²) in [5.74, 6) is -1.92. The van der Waals surface area contributed by atoms with Crippen LogP contribution in [0.15, 0.2) is 11.8 Å². The Bertz CT molecular complexity index is 315. The molecule has 82 valence electrons. The monoisotopic (exact) mass is 224 g/mol. The number of ether oxygens (including phenoxy) is 1. The molecule has 14 heavy (non-hydrogen) atoms. The van der Waals surface area contributed by atoms with Crippen molar-refractivity contribution in [3.05, 3.63) is 11.8 Å². The van der Waals surface area contributed by atoms with E-state index in [1.807, 2.05) is 0 Å². The Labute approximate surface area is 81.9 Å². The summed E-state index contributed by atoms with van der Waals surface area (Å²) in [4.78, 5) is 10.7. The maximum atomic E-state index is 10.7. The Kier molecular flexibility index (Phi) is 5.18. The number of hydrogen-bond acceptors (Lipinski definition) is 5. The normalized spacial score (nSPS) is 12.6. The second-order valence-electron chi connectivity index (χ2n) is 2.45. The predicted molar refractivity (Wildman–Crippen MR) is 48.4 cm³/mol. The van der Waals surface area contributed by atoms with Gasteiger partial charge in [-0.1, -0.05) is 0 Å². The van der Waals surface area contributed by atoms with Crippen molar-refractivity contribution in [1.82, 2.24) is 0 Å². The Balaban J connectivity index is 3.72. The summed E-state index contributed by atoms with van der Waals surface area (Å²) >= 11 is 0. The highest BCUT2D eigenvalue weighted by atomic mass is 32.2. The number of carbonyl (C=O) groups is 1. The van der Waals surface area contributed by atoms with E-state index in [1.54, 1.807) is 0 Å². The third-order valence-electron chi connectivity index (χ3n) is 1.26. The van der Waals surface area contributed by atoms with Crippen LogP contribution in [0.5, 0.6) is 0 Å². The lowest BCUT2D eigenvalue weighted by Crippen LogP contribution is -2.12. The summed E-state index contributed by atoms with van der Waals surface area (Å²) in [6.45, 7) is 1.28. The van der Waals surface area contributed by atoms with E-state index in [2.05, 4.69) is 4.74 Å². The molecular weight excluding hydrogens is 212 g/mol. The van der Waals surface area contributed by atoms with Gasteiger partial charge in [0.2, 0.25) is 0 Å². The zero-order chi connectivity index (χ0) is 11.2. The molecule has 0 fully saturated rings. The molecule has 0 spiro atoms. The zero-order valence-electron chi connectivity index (χ0n) is 7.63. The molecule has 6 nitrogen and oxygen atoms in total. The lowest BCUT2D eigenvalue weighted by Gasteiger charge is -2.02. The van der Waals surface area contributed by atoms with E-state index in [0.29, 0.717) is 0 Å². The average molecular weight is 224 g/mol. The first-order chi connectivity index (χ1) is 6.37. The van der Waals surface area contributed by atoms with Crippen molar-refractivity contribution in [1.29, 1.82) is 0 Å². The molecule has 0 aliphatic carbocycles. The molecule has 0 heterocycles. The smallest absolute Gasteiger partial charge is 0.373 e. The van der Waals surface area contributed by atoms with E-state index in [1.165, 1.54) is 6.92 Å². The van der Waals surface area contributed by atoms with E-state index in [0.717, 1.165) is 6.08 Å². The lowest BCUT2D eigenvalue weighted by molar-refractivity contribution is -0.142. The molecule has 0 unspecified atom stereocenters. The van der Waals surface area contributed by atoms with Gasteiger partial charge in [-0.05, 0) is 19.4 Å². The first-order valence-corrected chi connectivity index (χ1v) is 5.45. The summed E-state index contributed by atoms with van der Waals surface area (Å²) in [6, 6.07) is 0. The van der Waals surface area contributed by atoms with Crippen molar-refractivity contribution in [3.8, 4) is 0 Å². The molecule has 0 atom stereocenters. The molecule has 0 aromatic rings. The van der Waals surface area contributed by atoms with Gasteiger partial charge in [0.1, 0.15) is 0 Å². The molecule has 0 saturated heterocycles. The fourth-order valence-electron chi connectivity index (χ4n) is 0.598. The van der Waals surface area contributed by atoms with E-state index in [9.17, 15) is 13.2 Å². The molecule has 0 saturated carbocycles. The van der Waals surface area contributed by atoms with Gasteiger partial charge >= 0.3 is 5.97 Å². The molecule has 0 aromatic carbocycles. The van der Waals surface area contributed by atoms with Gasteiger partial charge in [-0.15, -0.1) is 0 Å². The molecule has 0 rings (SSSR count). The highest BCUT2D eigenvalue weighted by Gasteiger charge is 2.09. The van der Waals surface area contributed by atoms with Gasteiger partial charge in [0, 0.05) is 0 Å². The topological polar surface area (TPSA) is 101 Å². The van der Waals surface area contributed by atoms with Crippen LogP contribution in [0, 0.1) is 0 Å². The van der Waals surface area contributed by atoms with Crippen LogP contribution in [-0.2, 0) is 19.6 Å². The Morgan fingerprint density at radius 2 is 2.07 bits per heavy atom.